The lowest BCUT2D eigenvalue weighted by Crippen LogP contribution is -2.55. The van der Waals surface area contributed by atoms with Gasteiger partial charge in [-0.25, -0.2) is 0 Å². The number of carboxylic acids is 1. The Morgan fingerprint density at radius 3 is 1.58 bits per heavy atom. The summed E-state index contributed by atoms with van der Waals surface area (Å²) in [6.07, 6.45) is 43.4. The number of aliphatic carboxylic acids is 1. The van der Waals surface area contributed by atoms with Gasteiger partial charge in [-0.05, 0) is 70.6 Å². The van der Waals surface area contributed by atoms with E-state index in [9.17, 15) is 19.5 Å². The first-order chi connectivity index (χ1) is 25.1. The van der Waals surface area contributed by atoms with Gasteiger partial charge in [-0.3, -0.25) is 9.59 Å². The molecular weight excluding hydrogens is 654 g/mol. The van der Waals surface area contributed by atoms with Crippen molar-refractivity contribution in [2.24, 2.45) is 0 Å². The van der Waals surface area contributed by atoms with Gasteiger partial charge >= 0.3 is 11.9 Å². The Hall–Kier alpha value is -3.49. The SMILES string of the molecule is CC/C=C\C/C=C\C/C=C\C/C=C\CCC(=O)OC(COCCC(C(=O)[O-])[N+](C)(C)C)COC(=O)CCCCCCC/C=C\C/C=C\C/C=C\CC. The molecule has 0 saturated carbocycles. The molecule has 8 heteroatoms. The summed E-state index contributed by atoms with van der Waals surface area (Å²) in [5.74, 6) is -1.88. The molecule has 0 radical (unpaired) electrons. The third-order valence-corrected chi connectivity index (χ3v) is 8.04. The number of hydrogen-bond donors (Lipinski definition) is 0. The number of allylic oxidation sites excluding steroid dienone is 14. The minimum absolute atomic E-state index is 0.000931. The molecule has 0 saturated heterocycles. The standard InChI is InChI=1S/C44H71NO7/c1-6-8-10-12-14-16-18-20-21-23-24-26-28-30-32-34-42(46)51-39-40(38-50-37-36-41(44(48)49)45(3,4)5)52-43(47)35-33-31-29-27-25-22-19-17-15-13-11-9-7-2/h8-11,14-17,20-22,25,29,31,40-41H,6-7,12-13,18-19,23-24,26-28,30,32-39H2,1-5H3/b10-8-,11-9-,16-14-,17-15-,21-20-,25-22-,31-29-. The largest absolute Gasteiger partial charge is 0.544 e. The van der Waals surface area contributed by atoms with Crippen LogP contribution in [0.3, 0.4) is 0 Å². The summed E-state index contributed by atoms with van der Waals surface area (Å²) in [7, 11) is 5.36. The Morgan fingerprint density at radius 1 is 0.577 bits per heavy atom. The summed E-state index contributed by atoms with van der Waals surface area (Å²) in [5.41, 5.74) is 0. The van der Waals surface area contributed by atoms with E-state index in [0.717, 1.165) is 83.5 Å². The predicted molar refractivity (Wildman–Crippen MR) is 212 cm³/mol. The molecule has 0 fully saturated rings. The molecule has 0 bridgehead atoms. The van der Waals surface area contributed by atoms with Gasteiger partial charge in [0.1, 0.15) is 12.6 Å². The Bertz CT molecular complexity index is 1120. The molecule has 0 aliphatic heterocycles. The average Bonchev–Trinajstić information content (AvgIpc) is 3.09. The van der Waals surface area contributed by atoms with Crippen molar-refractivity contribution in [3.05, 3.63) is 85.1 Å². The van der Waals surface area contributed by atoms with Gasteiger partial charge in [0.25, 0.3) is 0 Å². The van der Waals surface area contributed by atoms with Crippen molar-refractivity contribution < 1.29 is 38.2 Å². The topological polar surface area (TPSA) is 102 Å². The Labute approximate surface area is 316 Å². The van der Waals surface area contributed by atoms with Gasteiger partial charge in [0, 0.05) is 19.3 Å². The zero-order valence-electron chi connectivity index (χ0n) is 33.2. The zero-order valence-corrected chi connectivity index (χ0v) is 33.2. The highest BCUT2D eigenvalue weighted by molar-refractivity contribution is 5.70. The van der Waals surface area contributed by atoms with E-state index in [1.807, 2.05) is 12.2 Å². The number of unbranched alkanes of at least 4 members (excludes halogenated alkanes) is 5. The summed E-state index contributed by atoms with van der Waals surface area (Å²) in [5, 5.41) is 11.6. The third-order valence-electron chi connectivity index (χ3n) is 8.04. The smallest absolute Gasteiger partial charge is 0.306 e. The fraction of sp³-hybridized carbons (Fsp3) is 0.614. The maximum atomic E-state index is 12.6. The maximum absolute atomic E-state index is 12.6. The maximum Gasteiger partial charge on any atom is 0.306 e. The quantitative estimate of drug-likeness (QED) is 0.0288. The van der Waals surface area contributed by atoms with Gasteiger partial charge in [0.15, 0.2) is 6.10 Å². The van der Waals surface area contributed by atoms with Crippen molar-refractivity contribution >= 4 is 17.9 Å². The molecule has 0 rings (SSSR count). The second-order valence-electron chi connectivity index (χ2n) is 13.7. The molecule has 294 valence electrons. The number of rotatable bonds is 33. The normalized spacial score (nSPS) is 13.9. The fourth-order valence-corrected chi connectivity index (χ4v) is 5.04. The number of carbonyl (C=O) groups is 3. The lowest BCUT2D eigenvalue weighted by Gasteiger charge is -2.34. The lowest BCUT2D eigenvalue weighted by molar-refractivity contribution is -0.889. The van der Waals surface area contributed by atoms with Crippen LogP contribution in [-0.4, -0.2) is 75.5 Å². The first-order valence-corrected chi connectivity index (χ1v) is 19.6. The molecule has 0 aliphatic rings. The van der Waals surface area contributed by atoms with Crippen LogP contribution in [0.4, 0.5) is 0 Å². The second-order valence-corrected chi connectivity index (χ2v) is 13.7. The van der Waals surface area contributed by atoms with E-state index in [4.69, 9.17) is 14.2 Å². The number of carbonyl (C=O) groups excluding carboxylic acids is 3. The van der Waals surface area contributed by atoms with Crippen LogP contribution in [0.5, 0.6) is 0 Å². The average molecular weight is 726 g/mol. The van der Waals surface area contributed by atoms with E-state index in [1.54, 1.807) is 21.1 Å². The van der Waals surface area contributed by atoms with Gasteiger partial charge in [0.05, 0.1) is 40.3 Å². The molecule has 52 heavy (non-hydrogen) atoms. The summed E-state index contributed by atoms with van der Waals surface area (Å²) < 4.78 is 17.0. The molecule has 0 aromatic heterocycles. The highest BCUT2D eigenvalue weighted by atomic mass is 16.6. The van der Waals surface area contributed by atoms with E-state index in [-0.39, 0.29) is 43.1 Å². The minimum Gasteiger partial charge on any atom is -0.544 e. The van der Waals surface area contributed by atoms with E-state index < -0.39 is 24.1 Å². The number of nitrogens with zero attached hydrogens (tertiary/aromatic N) is 1. The van der Waals surface area contributed by atoms with Crippen LogP contribution in [0, 0.1) is 0 Å². The third kappa shape index (κ3) is 32.4. The highest BCUT2D eigenvalue weighted by Gasteiger charge is 2.25. The molecule has 0 amide bonds. The first-order valence-electron chi connectivity index (χ1n) is 19.6. The number of esters is 2. The minimum atomic E-state index is -1.14. The Balaban J connectivity index is 4.55. The molecular formula is C44H71NO7. The monoisotopic (exact) mass is 726 g/mol. The Morgan fingerprint density at radius 2 is 1.06 bits per heavy atom. The number of ether oxygens (including phenoxy) is 3. The van der Waals surface area contributed by atoms with Crippen molar-refractivity contribution in [1.82, 2.24) is 0 Å². The van der Waals surface area contributed by atoms with E-state index in [0.29, 0.717) is 12.8 Å². The summed E-state index contributed by atoms with van der Waals surface area (Å²) in [6, 6.07) is -0.744. The predicted octanol–water partition coefficient (Wildman–Crippen LogP) is 8.85. The zero-order chi connectivity index (χ0) is 38.5. The van der Waals surface area contributed by atoms with Crippen molar-refractivity contribution in [3.63, 3.8) is 0 Å². The van der Waals surface area contributed by atoms with Crippen LogP contribution in [0.2, 0.25) is 0 Å². The second kappa shape index (κ2) is 34.6. The molecule has 0 aromatic rings. The molecule has 8 nitrogen and oxygen atoms in total. The lowest BCUT2D eigenvalue weighted by atomic mass is 10.1. The molecule has 2 atom stereocenters. The van der Waals surface area contributed by atoms with E-state index in [1.165, 1.54) is 0 Å². The van der Waals surface area contributed by atoms with E-state index in [2.05, 4.69) is 86.8 Å². The van der Waals surface area contributed by atoms with Crippen LogP contribution >= 0.6 is 0 Å². The van der Waals surface area contributed by atoms with Gasteiger partial charge in [-0.2, -0.15) is 0 Å². The van der Waals surface area contributed by atoms with Crippen molar-refractivity contribution in [2.45, 2.75) is 135 Å². The molecule has 0 spiro atoms. The van der Waals surface area contributed by atoms with Gasteiger partial charge in [0.2, 0.25) is 0 Å². The van der Waals surface area contributed by atoms with Crippen LogP contribution in [0.1, 0.15) is 123 Å². The van der Waals surface area contributed by atoms with Crippen LogP contribution < -0.4 is 5.11 Å². The van der Waals surface area contributed by atoms with Crippen molar-refractivity contribution in [1.29, 1.82) is 0 Å². The molecule has 0 aromatic carbocycles. The number of hydrogen-bond acceptors (Lipinski definition) is 7. The van der Waals surface area contributed by atoms with Crippen LogP contribution in [-0.2, 0) is 28.6 Å². The van der Waals surface area contributed by atoms with Gasteiger partial charge < -0.3 is 28.6 Å². The first kappa shape index (κ1) is 48.5. The molecule has 2 unspecified atom stereocenters. The fourth-order valence-electron chi connectivity index (χ4n) is 5.04. The Kier molecular flexibility index (Phi) is 32.3. The molecule has 0 N–H and O–H groups in total. The highest BCUT2D eigenvalue weighted by Crippen LogP contribution is 2.11. The van der Waals surface area contributed by atoms with E-state index >= 15 is 0 Å². The summed E-state index contributed by atoms with van der Waals surface area (Å²) in [6.45, 7) is 4.30. The van der Waals surface area contributed by atoms with Crippen LogP contribution in [0.25, 0.3) is 0 Å². The van der Waals surface area contributed by atoms with Gasteiger partial charge in [-0.15, -0.1) is 0 Å². The summed E-state index contributed by atoms with van der Waals surface area (Å²) in [4.78, 5) is 36.7. The number of likely N-dealkylation sites (N-methyl/N-ethyl adjacent to an activating group) is 1. The number of quaternary nitrogens is 1. The van der Waals surface area contributed by atoms with Gasteiger partial charge in [-0.1, -0.05) is 118 Å². The molecule has 0 aliphatic carbocycles. The summed E-state index contributed by atoms with van der Waals surface area (Å²) >= 11 is 0. The van der Waals surface area contributed by atoms with Crippen LogP contribution in [0.15, 0.2) is 85.1 Å². The van der Waals surface area contributed by atoms with Crippen molar-refractivity contribution in [3.8, 4) is 0 Å². The molecule has 0 heterocycles. The van der Waals surface area contributed by atoms with Crippen molar-refractivity contribution in [2.75, 3.05) is 41.0 Å². The number of carboxylic acid groups (broad SMARTS) is 1.